The Morgan fingerprint density at radius 3 is 2.79 bits per heavy atom. The molecule has 1 aromatic carbocycles. The summed E-state index contributed by atoms with van der Waals surface area (Å²) in [5.41, 5.74) is 1.93. The molecule has 0 spiro atoms. The number of likely N-dealkylation sites (N-methyl/N-ethyl adjacent to an activating group) is 1. The molecule has 0 aliphatic rings. The fourth-order valence-electron chi connectivity index (χ4n) is 1.80. The van der Waals surface area contributed by atoms with Gasteiger partial charge in [0.25, 0.3) is 0 Å². The van der Waals surface area contributed by atoms with Gasteiger partial charge in [-0.3, -0.25) is 9.69 Å². The molecule has 1 rings (SSSR count). The summed E-state index contributed by atoms with van der Waals surface area (Å²) in [6, 6.07) is 5.95. The normalized spacial score (nSPS) is 10.8. The molecule has 0 aromatic heterocycles. The average molecular weight is 376 g/mol. The van der Waals surface area contributed by atoms with E-state index in [1.54, 1.807) is 0 Å². The van der Waals surface area contributed by atoms with Crippen LogP contribution in [0.25, 0.3) is 0 Å². The molecule has 0 saturated heterocycles. The van der Waals surface area contributed by atoms with E-state index >= 15 is 0 Å². The molecular weight excluding hydrogens is 355 g/mol. The van der Waals surface area contributed by atoms with Crippen molar-refractivity contribution >= 4 is 34.2 Å². The van der Waals surface area contributed by atoms with Crippen LogP contribution in [-0.2, 0) is 4.79 Å². The fraction of sp³-hybridized carbons (Fsp3) is 0.500. The van der Waals surface area contributed by atoms with Crippen molar-refractivity contribution in [3.8, 4) is 0 Å². The zero-order valence-corrected chi connectivity index (χ0v) is 13.6. The van der Waals surface area contributed by atoms with Crippen molar-refractivity contribution in [3.63, 3.8) is 0 Å². The standard InChI is InChI=1S/C14H21IN2O2/c1-3-17(7-4-8-18)10-14(19)16-13-6-5-12(15)9-11(13)2/h5-6,9,18H,3-4,7-8,10H2,1-2H3,(H,16,19). The Morgan fingerprint density at radius 2 is 2.21 bits per heavy atom. The van der Waals surface area contributed by atoms with Crippen molar-refractivity contribution < 1.29 is 9.90 Å². The first kappa shape index (κ1) is 16.4. The minimum atomic E-state index is -0.0101. The SMILES string of the molecule is CCN(CCCO)CC(=O)Nc1ccc(I)cc1C. The van der Waals surface area contributed by atoms with Crippen LogP contribution in [0.4, 0.5) is 5.69 Å². The third-order valence-corrected chi connectivity index (χ3v) is 3.58. The van der Waals surface area contributed by atoms with E-state index in [0.29, 0.717) is 13.0 Å². The van der Waals surface area contributed by atoms with E-state index in [1.165, 1.54) is 0 Å². The Morgan fingerprint density at radius 1 is 1.47 bits per heavy atom. The van der Waals surface area contributed by atoms with Crippen molar-refractivity contribution in [3.05, 3.63) is 27.3 Å². The molecule has 1 amide bonds. The molecule has 106 valence electrons. The van der Waals surface area contributed by atoms with Crippen LogP contribution in [0.5, 0.6) is 0 Å². The van der Waals surface area contributed by atoms with Crippen molar-refractivity contribution in [1.29, 1.82) is 0 Å². The second-order valence-electron chi connectivity index (χ2n) is 4.45. The van der Waals surface area contributed by atoms with Crippen LogP contribution in [0.2, 0.25) is 0 Å². The number of hydrogen-bond acceptors (Lipinski definition) is 3. The maximum Gasteiger partial charge on any atom is 0.238 e. The van der Waals surface area contributed by atoms with Crippen LogP contribution in [0.3, 0.4) is 0 Å². The highest BCUT2D eigenvalue weighted by molar-refractivity contribution is 14.1. The second kappa shape index (κ2) is 8.50. The van der Waals surface area contributed by atoms with Gasteiger partial charge < -0.3 is 10.4 Å². The average Bonchev–Trinajstić information content (AvgIpc) is 2.38. The third-order valence-electron chi connectivity index (χ3n) is 2.91. The zero-order valence-electron chi connectivity index (χ0n) is 11.4. The molecule has 1 aromatic rings. The molecule has 4 nitrogen and oxygen atoms in total. The van der Waals surface area contributed by atoms with Crippen LogP contribution in [0, 0.1) is 10.5 Å². The molecule has 0 aliphatic heterocycles. The van der Waals surface area contributed by atoms with E-state index in [0.717, 1.165) is 27.9 Å². The Bertz CT molecular complexity index is 424. The highest BCUT2D eigenvalue weighted by Gasteiger charge is 2.10. The largest absolute Gasteiger partial charge is 0.396 e. The van der Waals surface area contributed by atoms with Crippen LogP contribution in [0.1, 0.15) is 18.9 Å². The summed E-state index contributed by atoms with van der Waals surface area (Å²) in [5, 5.41) is 11.7. The topological polar surface area (TPSA) is 52.6 Å². The molecule has 19 heavy (non-hydrogen) atoms. The van der Waals surface area contributed by atoms with Gasteiger partial charge in [0.15, 0.2) is 0 Å². The number of anilines is 1. The number of benzene rings is 1. The Hall–Kier alpha value is -0.660. The number of amides is 1. The summed E-state index contributed by atoms with van der Waals surface area (Å²) in [4.78, 5) is 14.0. The van der Waals surface area contributed by atoms with Crippen LogP contribution < -0.4 is 5.32 Å². The minimum Gasteiger partial charge on any atom is -0.396 e. The number of carbonyl (C=O) groups excluding carboxylic acids is 1. The van der Waals surface area contributed by atoms with Gasteiger partial charge >= 0.3 is 0 Å². The van der Waals surface area contributed by atoms with Crippen molar-refractivity contribution in [1.82, 2.24) is 4.90 Å². The van der Waals surface area contributed by atoms with Gasteiger partial charge in [-0.15, -0.1) is 0 Å². The van der Waals surface area contributed by atoms with Gasteiger partial charge in [0.1, 0.15) is 0 Å². The zero-order chi connectivity index (χ0) is 14.3. The molecular formula is C14H21IN2O2. The number of nitrogens with zero attached hydrogens (tertiary/aromatic N) is 1. The predicted molar refractivity (Wildman–Crippen MR) is 86.3 cm³/mol. The van der Waals surface area contributed by atoms with Crippen molar-refractivity contribution in [2.24, 2.45) is 0 Å². The van der Waals surface area contributed by atoms with Gasteiger partial charge in [-0.1, -0.05) is 6.92 Å². The summed E-state index contributed by atoms with van der Waals surface area (Å²) in [6.07, 6.45) is 0.698. The first-order valence-electron chi connectivity index (χ1n) is 6.46. The fourth-order valence-corrected chi connectivity index (χ4v) is 2.45. The second-order valence-corrected chi connectivity index (χ2v) is 5.70. The van der Waals surface area contributed by atoms with Crippen LogP contribution in [0.15, 0.2) is 18.2 Å². The van der Waals surface area contributed by atoms with E-state index < -0.39 is 0 Å². The molecule has 5 heteroatoms. The molecule has 0 unspecified atom stereocenters. The van der Waals surface area contributed by atoms with Crippen LogP contribution >= 0.6 is 22.6 Å². The number of nitrogens with one attached hydrogen (secondary N) is 1. The summed E-state index contributed by atoms with van der Waals surface area (Å²) in [5.74, 6) is -0.0101. The van der Waals surface area contributed by atoms with Gasteiger partial charge in [0, 0.05) is 22.4 Å². The van der Waals surface area contributed by atoms with Crippen molar-refractivity contribution in [2.45, 2.75) is 20.3 Å². The quantitative estimate of drug-likeness (QED) is 0.718. The maximum atomic E-state index is 12.0. The number of aliphatic hydroxyl groups excluding tert-OH is 1. The Balaban J connectivity index is 2.54. The lowest BCUT2D eigenvalue weighted by Gasteiger charge is -2.19. The molecule has 2 N–H and O–H groups in total. The van der Waals surface area contributed by atoms with E-state index in [9.17, 15) is 4.79 Å². The third kappa shape index (κ3) is 5.88. The lowest BCUT2D eigenvalue weighted by atomic mass is 10.2. The summed E-state index contributed by atoms with van der Waals surface area (Å²) >= 11 is 2.25. The van der Waals surface area contributed by atoms with E-state index in [2.05, 4.69) is 27.9 Å². The van der Waals surface area contributed by atoms with Gasteiger partial charge in [-0.05, 0) is 66.2 Å². The lowest BCUT2D eigenvalue weighted by molar-refractivity contribution is -0.117. The molecule has 0 aliphatic carbocycles. The minimum absolute atomic E-state index is 0.0101. The number of hydrogen-bond donors (Lipinski definition) is 2. The van der Waals surface area contributed by atoms with Crippen molar-refractivity contribution in [2.75, 3.05) is 31.6 Å². The molecule has 0 heterocycles. The number of aryl methyl sites for hydroxylation is 1. The monoisotopic (exact) mass is 376 g/mol. The smallest absolute Gasteiger partial charge is 0.238 e. The molecule has 0 atom stereocenters. The predicted octanol–water partition coefficient (Wildman–Crippen LogP) is 2.24. The van der Waals surface area contributed by atoms with E-state index in [1.807, 2.05) is 36.9 Å². The van der Waals surface area contributed by atoms with Gasteiger partial charge in [0.2, 0.25) is 5.91 Å². The van der Waals surface area contributed by atoms with Gasteiger partial charge in [-0.25, -0.2) is 0 Å². The van der Waals surface area contributed by atoms with Crippen LogP contribution in [-0.4, -0.2) is 42.2 Å². The lowest BCUT2D eigenvalue weighted by Crippen LogP contribution is -2.34. The molecule has 0 fully saturated rings. The summed E-state index contributed by atoms with van der Waals surface area (Å²) in [6.45, 7) is 6.07. The molecule has 0 bridgehead atoms. The number of aliphatic hydroxyl groups is 1. The first-order chi connectivity index (χ1) is 9.06. The highest BCUT2D eigenvalue weighted by atomic mass is 127. The molecule has 0 saturated carbocycles. The maximum absolute atomic E-state index is 12.0. The highest BCUT2D eigenvalue weighted by Crippen LogP contribution is 2.17. The Kier molecular flexibility index (Phi) is 7.33. The van der Waals surface area contributed by atoms with Gasteiger partial charge in [-0.2, -0.15) is 0 Å². The van der Waals surface area contributed by atoms with E-state index in [4.69, 9.17) is 5.11 Å². The van der Waals surface area contributed by atoms with Gasteiger partial charge in [0.05, 0.1) is 6.54 Å². The number of carbonyl (C=O) groups is 1. The number of halogens is 1. The first-order valence-corrected chi connectivity index (χ1v) is 7.54. The summed E-state index contributed by atoms with van der Waals surface area (Å²) in [7, 11) is 0. The molecule has 0 radical (unpaired) electrons. The number of rotatable bonds is 7. The Labute approximate surface area is 128 Å². The van der Waals surface area contributed by atoms with E-state index in [-0.39, 0.29) is 12.5 Å². The summed E-state index contributed by atoms with van der Waals surface area (Å²) < 4.78 is 1.16.